The number of carbonyl (C=O) groups excluding carboxylic acids is 1. The fraction of sp³-hybridized carbons (Fsp3) is 0.235. The molecule has 2 saturated heterocycles. The predicted molar refractivity (Wildman–Crippen MR) is 80.7 cm³/mol. The summed E-state index contributed by atoms with van der Waals surface area (Å²) < 4.78 is 0. The van der Waals surface area contributed by atoms with Gasteiger partial charge in [0.15, 0.2) is 5.78 Å². The van der Waals surface area contributed by atoms with Gasteiger partial charge in [0.2, 0.25) is 0 Å². The van der Waals surface area contributed by atoms with E-state index in [0.717, 1.165) is 37.3 Å². The van der Waals surface area contributed by atoms with Gasteiger partial charge in [-0.15, -0.1) is 0 Å². The molecule has 2 aliphatic rings. The van der Waals surface area contributed by atoms with E-state index in [1.807, 2.05) is 48.5 Å². The molecule has 0 bridgehead atoms. The maximum absolute atomic E-state index is 12.4. The highest BCUT2D eigenvalue weighted by Crippen LogP contribution is 2.24. The highest BCUT2D eigenvalue weighted by atomic mass is 16.1. The van der Waals surface area contributed by atoms with Crippen molar-refractivity contribution < 1.29 is 4.79 Å². The van der Waals surface area contributed by atoms with Crippen LogP contribution in [0.2, 0.25) is 0 Å². The zero-order valence-electron chi connectivity index (χ0n) is 11.2. The minimum atomic E-state index is 0.0969. The molecule has 0 radical (unpaired) electrons. The third kappa shape index (κ3) is 2.16. The van der Waals surface area contributed by atoms with Gasteiger partial charge in [-0.2, -0.15) is 0 Å². The lowest BCUT2D eigenvalue weighted by atomic mass is 10.0. The maximum atomic E-state index is 12.4. The van der Waals surface area contributed by atoms with E-state index in [1.165, 1.54) is 11.4 Å². The van der Waals surface area contributed by atoms with Gasteiger partial charge in [-0.25, -0.2) is 0 Å². The summed E-state index contributed by atoms with van der Waals surface area (Å²) in [7, 11) is 0. The summed E-state index contributed by atoms with van der Waals surface area (Å²) in [5.41, 5.74) is 3.93. The Morgan fingerprint density at radius 2 is 1.00 bits per heavy atom. The molecule has 2 aliphatic heterocycles. The third-order valence-electron chi connectivity index (χ3n) is 3.88. The van der Waals surface area contributed by atoms with Gasteiger partial charge in [-0.1, -0.05) is 0 Å². The van der Waals surface area contributed by atoms with Gasteiger partial charge in [-0.3, -0.25) is 4.79 Å². The number of nitrogens with zero attached hydrogens (tertiary/aromatic N) is 2. The van der Waals surface area contributed by atoms with Crippen LogP contribution in [-0.4, -0.2) is 32.0 Å². The van der Waals surface area contributed by atoms with Crippen LogP contribution >= 0.6 is 0 Å². The van der Waals surface area contributed by atoms with Gasteiger partial charge in [0.25, 0.3) is 0 Å². The molecule has 2 fully saturated rings. The van der Waals surface area contributed by atoms with Gasteiger partial charge in [-0.05, 0) is 48.5 Å². The van der Waals surface area contributed by atoms with Gasteiger partial charge in [0.05, 0.1) is 0 Å². The van der Waals surface area contributed by atoms with Crippen LogP contribution in [-0.2, 0) is 0 Å². The highest BCUT2D eigenvalue weighted by molar-refractivity contribution is 6.09. The molecule has 0 N–H and O–H groups in total. The second kappa shape index (κ2) is 4.37. The van der Waals surface area contributed by atoms with E-state index in [0.29, 0.717) is 0 Å². The number of carbonyl (C=O) groups is 1. The van der Waals surface area contributed by atoms with Gasteiger partial charge in [0, 0.05) is 48.7 Å². The number of ketones is 1. The van der Waals surface area contributed by atoms with Crippen molar-refractivity contribution in [3.05, 3.63) is 59.7 Å². The van der Waals surface area contributed by atoms with Crippen molar-refractivity contribution in [2.45, 2.75) is 0 Å². The summed E-state index contributed by atoms with van der Waals surface area (Å²) in [4.78, 5) is 17.0. The van der Waals surface area contributed by atoms with Crippen LogP contribution in [0.5, 0.6) is 0 Å². The van der Waals surface area contributed by atoms with Crippen molar-refractivity contribution in [1.29, 1.82) is 0 Å². The molecule has 2 aromatic carbocycles. The Kier molecular flexibility index (Phi) is 2.52. The van der Waals surface area contributed by atoms with E-state index in [-0.39, 0.29) is 5.78 Å². The molecule has 4 rings (SSSR count). The van der Waals surface area contributed by atoms with Gasteiger partial charge >= 0.3 is 0 Å². The average Bonchev–Trinajstić information content (AvgIpc) is 3.40. The number of benzene rings is 2. The van der Waals surface area contributed by atoms with Crippen molar-refractivity contribution in [1.82, 2.24) is 0 Å². The van der Waals surface area contributed by atoms with Crippen molar-refractivity contribution in [2.75, 3.05) is 36.0 Å². The Balaban J connectivity index is 1.55. The molecule has 100 valence electrons. The van der Waals surface area contributed by atoms with Crippen LogP contribution in [0.15, 0.2) is 48.5 Å². The first-order chi connectivity index (χ1) is 9.81. The Bertz CT molecular complexity index is 580. The zero-order valence-corrected chi connectivity index (χ0v) is 11.2. The molecule has 20 heavy (non-hydrogen) atoms. The van der Waals surface area contributed by atoms with Crippen molar-refractivity contribution in [2.24, 2.45) is 0 Å². The first-order valence-corrected chi connectivity index (χ1v) is 7.06. The molecular formula is C17H16N2O. The first kappa shape index (κ1) is 11.5. The van der Waals surface area contributed by atoms with Crippen LogP contribution in [0.1, 0.15) is 15.9 Å². The number of hydrogen-bond acceptors (Lipinski definition) is 3. The molecule has 0 spiro atoms. The quantitative estimate of drug-likeness (QED) is 0.626. The summed E-state index contributed by atoms with van der Waals surface area (Å²) >= 11 is 0. The molecule has 2 aromatic rings. The Hall–Kier alpha value is -2.29. The molecule has 3 heteroatoms. The predicted octanol–water partition coefficient (Wildman–Crippen LogP) is 2.56. The lowest BCUT2D eigenvalue weighted by Gasteiger charge is -2.06. The monoisotopic (exact) mass is 264 g/mol. The molecular weight excluding hydrogens is 248 g/mol. The largest absolute Gasteiger partial charge is 0.368 e. The molecule has 0 amide bonds. The molecule has 2 heterocycles. The van der Waals surface area contributed by atoms with E-state index < -0.39 is 0 Å². The smallest absolute Gasteiger partial charge is 0.193 e. The van der Waals surface area contributed by atoms with E-state index in [9.17, 15) is 4.79 Å². The second-order valence-corrected chi connectivity index (χ2v) is 5.40. The van der Waals surface area contributed by atoms with Crippen molar-refractivity contribution in [3.8, 4) is 0 Å². The SMILES string of the molecule is O=C(c1ccc(N2CC2)cc1)c1ccc(N2CC2)cc1. The summed E-state index contributed by atoms with van der Waals surface area (Å²) in [6.07, 6.45) is 0. The lowest BCUT2D eigenvalue weighted by molar-refractivity contribution is 0.103. The molecule has 0 saturated carbocycles. The minimum Gasteiger partial charge on any atom is -0.368 e. The van der Waals surface area contributed by atoms with E-state index in [4.69, 9.17) is 0 Å². The van der Waals surface area contributed by atoms with Crippen LogP contribution in [0.25, 0.3) is 0 Å². The Labute approximate surface area is 118 Å². The highest BCUT2D eigenvalue weighted by Gasteiger charge is 2.19. The summed E-state index contributed by atoms with van der Waals surface area (Å²) in [5.74, 6) is 0.0969. The maximum Gasteiger partial charge on any atom is 0.193 e. The van der Waals surface area contributed by atoms with Crippen LogP contribution in [0.3, 0.4) is 0 Å². The molecule has 0 aliphatic carbocycles. The lowest BCUT2D eigenvalue weighted by Crippen LogP contribution is -2.02. The van der Waals surface area contributed by atoms with Crippen LogP contribution < -0.4 is 9.80 Å². The second-order valence-electron chi connectivity index (χ2n) is 5.40. The van der Waals surface area contributed by atoms with E-state index in [2.05, 4.69) is 9.80 Å². The van der Waals surface area contributed by atoms with Crippen molar-refractivity contribution in [3.63, 3.8) is 0 Å². The topological polar surface area (TPSA) is 23.1 Å². The average molecular weight is 264 g/mol. The number of anilines is 2. The fourth-order valence-corrected chi connectivity index (χ4v) is 2.43. The van der Waals surface area contributed by atoms with E-state index >= 15 is 0 Å². The van der Waals surface area contributed by atoms with Crippen LogP contribution in [0.4, 0.5) is 11.4 Å². The Morgan fingerprint density at radius 3 is 1.30 bits per heavy atom. The zero-order chi connectivity index (χ0) is 13.5. The molecule has 0 aromatic heterocycles. The first-order valence-electron chi connectivity index (χ1n) is 7.06. The summed E-state index contributed by atoms with van der Waals surface area (Å²) in [6, 6.07) is 15.8. The van der Waals surface area contributed by atoms with Crippen molar-refractivity contribution >= 4 is 17.2 Å². The molecule has 3 nitrogen and oxygen atoms in total. The number of rotatable bonds is 4. The molecule has 0 unspecified atom stereocenters. The van der Waals surface area contributed by atoms with Crippen LogP contribution in [0, 0.1) is 0 Å². The van der Waals surface area contributed by atoms with E-state index in [1.54, 1.807) is 0 Å². The fourth-order valence-electron chi connectivity index (χ4n) is 2.43. The van der Waals surface area contributed by atoms with Gasteiger partial charge < -0.3 is 9.80 Å². The number of hydrogen-bond donors (Lipinski definition) is 0. The third-order valence-corrected chi connectivity index (χ3v) is 3.88. The Morgan fingerprint density at radius 1 is 0.650 bits per heavy atom. The summed E-state index contributed by atoms with van der Waals surface area (Å²) in [5, 5.41) is 0. The molecule has 0 atom stereocenters. The normalized spacial score (nSPS) is 16.2. The van der Waals surface area contributed by atoms with Gasteiger partial charge in [0.1, 0.15) is 0 Å². The summed E-state index contributed by atoms with van der Waals surface area (Å²) in [6.45, 7) is 4.52. The minimum absolute atomic E-state index is 0.0969. The standard InChI is InChI=1S/C17H16N2O/c20-17(13-1-5-15(6-2-13)18-9-10-18)14-3-7-16(8-4-14)19-11-12-19/h1-8H,9-12H2.